The van der Waals surface area contributed by atoms with Crippen molar-refractivity contribution >= 4 is 17.7 Å². The largest absolute Gasteiger partial charge is 0.469 e. The first-order valence-corrected chi connectivity index (χ1v) is 7.18. The van der Waals surface area contributed by atoms with E-state index in [1.165, 1.54) is 21.1 Å². The predicted octanol–water partition coefficient (Wildman–Crippen LogP) is 2.18. The second-order valence-corrected chi connectivity index (χ2v) is 5.18. The van der Waals surface area contributed by atoms with Crippen molar-refractivity contribution in [2.75, 3.05) is 14.2 Å². The number of carbonyl (C=O) groups excluding carboxylic acids is 3. The van der Waals surface area contributed by atoms with Crippen LogP contribution in [0.2, 0.25) is 0 Å². The van der Waals surface area contributed by atoms with Crippen LogP contribution >= 0.6 is 0 Å². The zero-order valence-corrected chi connectivity index (χ0v) is 13.2. The average molecular weight is 306 g/mol. The first-order chi connectivity index (χ1) is 10.5. The topological polar surface area (TPSA) is 69.7 Å². The molecule has 0 N–H and O–H groups in total. The van der Waals surface area contributed by atoms with Gasteiger partial charge in [0.05, 0.1) is 14.2 Å². The van der Waals surface area contributed by atoms with Gasteiger partial charge in [-0.05, 0) is 31.2 Å². The molecule has 1 aromatic rings. The summed E-state index contributed by atoms with van der Waals surface area (Å²) in [4.78, 5) is 35.3. The van der Waals surface area contributed by atoms with Crippen LogP contribution in [0.5, 0.6) is 0 Å². The molecule has 22 heavy (non-hydrogen) atoms. The fourth-order valence-corrected chi connectivity index (χ4v) is 2.50. The molecule has 2 unspecified atom stereocenters. The molecule has 0 amide bonds. The van der Waals surface area contributed by atoms with Crippen molar-refractivity contribution in [2.24, 2.45) is 11.8 Å². The summed E-state index contributed by atoms with van der Waals surface area (Å²) in [6.45, 7) is 1.34. The number of aryl methyl sites for hydroxylation is 1. The number of rotatable bonds is 8. The van der Waals surface area contributed by atoms with E-state index < -0.39 is 23.8 Å². The van der Waals surface area contributed by atoms with Crippen molar-refractivity contribution < 1.29 is 23.9 Å². The first kappa shape index (κ1) is 17.9. The van der Waals surface area contributed by atoms with Crippen LogP contribution in [0.25, 0.3) is 0 Å². The molecule has 1 aromatic carbocycles. The van der Waals surface area contributed by atoms with Crippen LogP contribution in [0.4, 0.5) is 0 Å². The molecule has 0 fully saturated rings. The van der Waals surface area contributed by atoms with E-state index in [0.29, 0.717) is 12.8 Å². The van der Waals surface area contributed by atoms with Crippen LogP contribution in [0.1, 0.15) is 25.3 Å². The highest BCUT2D eigenvalue weighted by atomic mass is 16.5. The minimum absolute atomic E-state index is 0.0165. The van der Waals surface area contributed by atoms with Gasteiger partial charge in [-0.2, -0.15) is 0 Å². The summed E-state index contributed by atoms with van der Waals surface area (Å²) in [6.07, 6.45) is 1.21. The van der Waals surface area contributed by atoms with Crippen molar-refractivity contribution in [3.63, 3.8) is 0 Å². The highest BCUT2D eigenvalue weighted by Crippen LogP contribution is 2.25. The normalized spacial score (nSPS) is 13.0. The van der Waals surface area contributed by atoms with E-state index >= 15 is 0 Å². The maximum Gasteiger partial charge on any atom is 0.316 e. The molecule has 1 rings (SSSR count). The molecule has 0 spiro atoms. The van der Waals surface area contributed by atoms with Gasteiger partial charge in [-0.25, -0.2) is 0 Å². The van der Waals surface area contributed by atoms with Gasteiger partial charge >= 0.3 is 11.9 Å². The fourth-order valence-electron chi connectivity index (χ4n) is 2.50. The van der Waals surface area contributed by atoms with Crippen LogP contribution < -0.4 is 0 Å². The van der Waals surface area contributed by atoms with Gasteiger partial charge in [0.25, 0.3) is 0 Å². The first-order valence-electron chi connectivity index (χ1n) is 7.18. The number of ether oxygens (including phenoxy) is 2. The molecule has 0 radical (unpaired) electrons. The van der Waals surface area contributed by atoms with Crippen molar-refractivity contribution in [3.8, 4) is 0 Å². The lowest BCUT2D eigenvalue weighted by Gasteiger charge is -2.22. The molecular formula is C17H22O5. The summed E-state index contributed by atoms with van der Waals surface area (Å²) in [5.41, 5.74) is 1.09. The zero-order chi connectivity index (χ0) is 16.5. The Morgan fingerprint density at radius 3 is 2.18 bits per heavy atom. The molecule has 0 saturated carbocycles. The lowest BCUT2D eigenvalue weighted by atomic mass is 9.82. The van der Waals surface area contributed by atoms with E-state index in [4.69, 9.17) is 4.74 Å². The third-order valence-electron chi connectivity index (χ3n) is 3.67. The van der Waals surface area contributed by atoms with Gasteiger partial charge in [-0.15, -0.1) is 0 Å². The molecular weight excluding hydrogens is 284 g/mol. The van der Waals surface area contributed by atoms with Crippen molar-refractivity contribution in [2.45, 2.75) is 26.2 Å². The molecule has 0 saturated heterocycles. The number of hydrogen-bond acceptors (Lipinski definition) is 5. The monoisotopic (exact) mass is 306 g/mol. The van der Waals surface area contributed by atoms with Crippen LogP contribution in [-0.4, -0.2) is 31.9 Å². The quantitative estimate of drug-likeness (QED) is 0.544. The predicted molar refractivity (Wildman–Crippen MR) is 81.1 cm³/mol. The third kappa shape index (κ3) is 5.31. The Balaban J connectivity index is 2.88. The Bertz CT molecular complexity index is 509. The Morgan fingerprint density at radius 1 is 1.05 bits per heavy atom. The van der Waals surface area contributed by atoms with Crippen LogP contribution in [0.15, 0.2) is 30.3 Å². The van der Waals surface area contributed by atoms with Gasteiger partial charge in [0.1, 0.15) is 11.7 Å². The maximum absolute atomic E-state index is 11.9. The van der Waals surface area contributed by atoms with E-state index in [2.05, 4.69) is 4.74 Å². The van der Waals surface area contributed by atoms with E-state index in [9.17, 15) is 14.4 Å². The molecule has 0 aliphatic heterocycles. The second kappa shape index (κ2) is 8.97. The summed E-state index contributed by atoms with van der Waals surface area (Å²) in [6, 6.07) is 9.70. The summed E-state index contributed by atoms with van der Waals surface area (Å²) in [5.74, 6) is -2.71. The minimum Gasteiger partial charge on any atom is -0.469 e. The molecule has 0 aromatic heterocycles. The van der Waals surface area contributed by atoms with Gasteiger partial charge in [-0.3, -0.25) is 14.4 Å². The highest BCUT2D eigenvalue weighted by Gasteiger charge is 2.34. The number of ketones is 1. The molecule has 0 aliphatic carbocycles. The van der Waals surface area contributed by atoms with Crippen molar-refractivity contribution in [3.05, 3.63) is 35.9 Å². The Labute approximate surface area is 130 Å². The smallest absolute Gasteiger partial charge is 0.316 e. The molecule has 120 valence electrons. The summed E-state index contributed by atoms with van der Waals surface area (Å²) in [5, 5.41) is 0. The Hall–Kier alpha value is -2.17. The second-order valence-electron chi connectivity index (χ2n) is 5.18. The van der Waals surface area contributed by atoms with Gasteiger partial charge in [-0.1, -0.05) is 30.3 Å². The molecule has 5 heteroatoms. The van der Waals surface area contributed by atoms with Gasteiger partial charge in [0.15, 0.2) is 0 Å². The van der Waals surface area contributed by atoms with Crippen LogP contribution in [0.3, 0.4) is 0 Å². The fraction of sp³-hybridized carbons (Fsp3) is 0.471. The average Bonchev–Trinajstić information content (AvgIpc) is 2.52. The number of esters is 2. The Kier molecular flexibility index (Phi) is 7.29. The van der Waals surface area contributed by atoms with Gasteiger partial charge < -0.3 is 9.47 Å². The SMILES string of the molecule is COC(=O)CC(CCc1ccccc1)C(C(C)=O)C(=O)OC. The van der Waals surface area contributed by atoms with Crippen molar-refractivity contribution in [1.29, 1.82) is 0 Å². The number of benzene rings is 1. The van der Waals surface area contributed by atoms with Crippen LogP contribution in [0, 0.1) is 11.8 Å². The molecule has 0 aliphatic rings. The van der Waals surface area contributed by atoms with Crippen molar-refractivity contribution in [1.82, 2.24) is 0 Å². The van der Waals surface area contributed by atoms with E-state index in [0.717, 1.165) is 5.56 Å². The van der Waals surface area contributed by atoms with Gasteiger partial charge in [0.2, 0.25) is 0 Å². The van der Waals surface area contributed by atoms with E-state index in [1.807, 2.05) is 30.3 Å². The van der Waals surface area contributed by atoms with E-state index in [-0.39, 0.29) is 12.2 Å². The number of hydrogen-bond donors (Lipinski definition) is 0. The zero-order valence-electron chi connectivity index (χ0n) is 13.2. The number of carbonyl (C=O) groups is 3. The number of Topliss-reactive ketones (excluding diaryl/α,β-unsaturated/α-hetero) is 1. The number of methoxy groups -OCH3 is 2. The molecule has 0 heterocycles. The van der Waals surface area contributed by atoms with E-state index in [1.54, 1.807) is 0 Å². The van der Waals surface area contributed by atoms with Crippen LogP contribution in [-0.2, 0) is 30.3 Å². The highest BCUT2D eigenvalue weighted by molar-refractivity contribution is 5.98. The Morgan fingerprint density at radius 2 is 1.68 bits per heavy atom. The molecule has 0 bridgehead atoms. The standard InChI is InChI=1S/C17H22O5/c1-12(18)16(17(20)22-3)14(11-15(19)21-2)10-9-13-7-5-4-6-8-13/h4-8,14,16H,9-11H2,1-3H3. The minimum atomic E-state index is -0.937. The molecule has 5 nitrogen and oxygen atoms in total. The summed E-state index contributed by atoms with van der Waals surface area (Å²) < 4.78 is 9.38. The maximum atomic E-state index is 11.9. The lowest BCUT2D eigenvalue weighted by Crippen LogP contribution is -2.33. The summed E-state index contributed by atoms with van der Waals surface area (Å²) >= 11 is 0. The summed E-state index contributed by atoms with van der Waals surface area (Å²) in [7, 11) is 2.53. The lowest BCUT2D eigenvalue weighted by molar-refractivity contribution is -0.152. The third-order valence-corrected chi connectivity index (χ3v) is 3.67. The molecule has 2 atom stereocenters. The van der Waals surface area contributed by atoms with Gasteiger partial charge in [0, 0.05) is 6.42 Å².